The number of nitrogens with zero attached hydrogens (tertiary/aromatic N) is 3. The van der Waals surface area contributed by atoms with Gasteiger partial charge in [-0.2, -0.15) is 5.10 Å². The van der Waals surface area contributed by atoms with E-state index in [1.807, 2.05) is 51.1 Å². The van der Waals surface area contributed by atoms with Crippen LogP contribution in [-0.4, -0.2) is 51.4 Å². The summed E-state index contributed by atoms with van der Waals surface area (Å²) in [7, 11) is 0. The smallest absolute Gasteiger partial charge is 0.239 e. The molecule has 0 bridgehead atoms. The van der Waals surface area contributed by atoms with Crippen LogP contribution in [0, 0.1) is 19.8 Å². The first kappa shape index (κ1) is 17.6. The highest BCUT2D eigenvalue weighted by molar-refractivity contribution is 5.91. The van der Waals surface area contributed by atoms with Gasteiger partial charge in [-0.3, -0.25) is 9.69 Å². The molecule has 134 valence electrons. The summed E-state index contributed by atoms with van der Waals surface area (Å²) in [5.41, 5.74) is 2.95. The van der Waals surface area contributed by atoms with E-state index in [2.05, 4.69) is 15.3 Å². The van der Waals surface area contributed by atoms with Crippen molar-refractivity contribution < 1.29 is 9.90 Å². The van der Waals surface area contributed by atoms with Crippen LogP contribution in [0.4, 0.5) is 5.82 Å². The number of hydrogen-bond donors (Lipinski definition) is 2. The number of amides is 1. The number of carbonyl (C=O) groups is 1. The number of aromatic nitrogens is 2. The van der Waals surface area contributed by atoms with Gasteiger partial charge in [0.15, 0.2) is 0 Å². The molecule has 3 rings (SSSR count). The van der Waals surface area contributed by atoms with E-state index < -0.39 is 0 Å². The average molecular weight is 342 g/mol. The Hall–Kier alpha value is -2.18. The summed E-state index contributed by atoms with van der Waals surface area (Å²) in [6, 6.07) is 9.91. The Labute approximate surface area is 148 Å². The van der Waals surface area contributed by atoms with Gasteiger partial charge in [0.2, 0.25) is 5.91 Å². The number of benzene rings is 1. The minimum atomic E-state index is -0.321. The number of likely N-dealkylation sites (tertiary alicyclic amines) is 1. The van der Waals surface area contributed by atoms with Gasteiger partial charge >= 0.3 is 0 Å². The summed E-state index contributed by atoms with van der Waals surface area (Å²) in [5.74, 6) is 0.880. The lowest BCUT2D eigenvalue weighted by Crippen LogP contribution is -2.33. The Kier molecular flexibility index (Phi) is 5.20. The largest absolute Gasteiger partial charge is 0.393 e. The summed E-state index contributed by atoms with van der Waals surface area (Å²) in [6.45, 7) is 7.71. The highest BCUT2D eigenvalue weighted by Crippen LogP contribution is 2.20. The molecule has 1 aromatic heterocycles. The quantitative estimate of drug-likeness (QED) is 0.873. The summed E-state index contributed by atoms with van der Waals surface area (Å²) >= 11 is 0. The molecule has 1 aliphatic rings. The number of nitrogens with one attached hydrogen (secondary N) is 1. The molecule has 0 spiro atoms. The zero-order valence-electron chi connectivity index (χ0n) is 15.1. The maximum absolute atomic E-state index is 12.4. The first-order valence-electron chi connectivity index (χ1n) is 8.76. The van der Waals surface area contributed by atoms with Crippen LogP contribution >= 0.6 is 0 Å². The molecule has 2 N–H and O–H groups in total. The van der Waals surface area contributed by atoms with Gasteiger partial charge in [0, 0.05) is 12.6 Å². The summed E-state index contributed by atoms with van der Waals surface area (Å²) < 4.78 is 1.76. The maximum Gasteiger partial charge on any atom is 0.239 e. The van der Waals surface area contributed by atoms with Crippen molar-refractivity contribution in [1.82, 2.24) is 14.7 Å². The first-order valence-corrected chi connectivity index (χ1v) is 8.76. The van der Waals surface area contributed by atoms with Crippen molar-refractivity contribution in [3.05, 3.63) is 41.6 Å². The van der Waals surface area contributed by atoms with Crippen LogP contribution in [0.5, 0.6) is 0 Å². The van der Waals surface area contributed by atoms with Crippen molar-refractivity contribution in [1.29, 1.82) is 0 Å². The fourth-order valence-electron chi connectivity index (χ4n) is 3.26. The molecule has 25 heavy (non-hydrogen) atoms. The molecule has 0 saturated carbocycles. The molecule has 6 heteroatoms. The van der Waals surface area contributed by atoms with Crippen LogP contribution in [0.1, 0.15) is 24.6 Å². The zero-order valence-corrected chi connectivity index (χ0v) is 15.1. The van der Waals surface area contributed by atoms with Crippen LogP contribution in [-0.2, 0) is 4.79 Å². The van der Waals surface area contributed by atoms with Gasteiger partial charge in [0.1, 0.15) is 5.82 Å². The summed E-state index contributed by atoms with van der Waals surface area (Å²) in [4.78, 5) is 14.5. The zero-order chi connectivity index (χ0) is 18.0. The monoisotopic (exact) mass is 342 g/mol. The number of carbonyl (C=O) groups excluding carboxylic acids is 1. The second-order valence-corrected chi connectivity index (χ2v) is 6.99. The van der Waals surface area contributed by atoms with Gasteiger partial charge in [-0.25, -0.2) is 4.68 Å². The minimum Gasteiger partial charge on any atom is -0.393 e. The van der Waals surface area contributed by atoms with Crippen LogP contribution < -0.4 is 5.32 Å². The normalized spacial score (nSPS) is 19.1. The summed E-state index contributed by atoms with van der Waals surface area (Å²) in [6.07, 6.45) is 0.615. The molecule has 1 saturated heterocycles. The van der Waals surface area contributed by atoms with Crippen molar-refractivity contribution in [3.63, 3.8) is 0 Å². The van der Waals surface area contributed by atoms with Gasteiger partial charge in [-0.1, -0.05) is 17.7 Å². The Morgan fingerprint density at radius 1 is 1.36 bits per heavy atom. The van der Waals surface area contributed by atoms with E-state index in [9.17, 15) is 9.90 Å². The van der Waals surface area contributed by atoms with Crippen LogP contribution in [0.2, 0.25) is 0 Å². The van der Waals surface area contributed by atoms with E-state index in [1.165, 1.54) is 5.56 Å². The number of aliphatic hydroxyl groups is 1. The molecule has 2 aromatic rings. The van der Waals surface area contributed by atoms with Gasteiger partial charge in [-0.05, 0) is 51.8 Å². The number of aliphatic hydroxyl groups excluding tert-OH is 1. The van der Waals surface area contributed by atoms with E-state index in [0.29, 0.717) is 12.4 Å². The van der Waals surface area contributed by atoms with Crippen molar-refractivity contribution in [2.75, 3.05) is 25.0 Å². The molecular weight excluding hydrogens is 316 g/mol. The van der Waals surface area contributed by atoms with Crippen molar-refractivity contribution in [3.8, 4) is 5.69 Å². The number of aryl methyl sites for hydroxylation is 2. The lowest BCUT2D eigenvalue weighted by molar-refractivity contribution is -0.117. The third kappa shape index (κ3) is 4.27. The number of rotatable bonds is 5. The van der Waals surface area contributed by atoms with E-state index in [1.54, 1.807) is 4.68 Å². The predicted octanol–water partition coefficient (Wildman–Crippen LogP) is 2.13. The molecule has 1 fully saturated rings. The third-order valence-electron chi connectivity index (χ3n) is 4.74. The van der Waals surface area contributed by atoms with E-state index in [4.69, 9.17) is 0 Å². The Morgan fingerprint density at radius 3 is 2.72 bits per heavy atom. The molecule has 2 atom stereocenters. The van der Waals surface area contributed by atoms with E-state index in [0.717, 1.165) is 30.9 Å². The molecule has 2 unspecified atom stereocenters. The first-order chi connectivity index (χ1) is 11.9. The average Bonchev–Trinajstić information content (AvgIpc) is 3.15. The Bertz CT molecular complexity index is 736. The van der Waals surface area contributed by atoms with Crippen LogP contribution in [0.15, 0.2) is 30.3 Å². The highest BCUT2D eigenvalue weighted by atomic mass is 16.3. The minimum absolute atomic E-state index is 0.0560. The van der Waals surface area contributed by atoms with Gasteiger partial charge < -0.3 is 10.4 Å². The number of hydrogen-bond acceptors (Lipinski definition) is 4. The van der Waals surface area contributed by atoms with Crippen LogP contribution in [0.25, 0.3) is 5.69 Å². The molecule has 6 nitrogen and oxygen atoms in total. The molecule has 1 amide bonds. The van der Waals surface area contributed by atoms with Crippen molar-refractivity contribution in [2.45, 2.75) is 33.3 Å². The second kappa shape index (κ2) is 7.37. The van der Waals surface area contributed by atoms with E-state index >= 15 is 0 Å². The van der Waals surface area contributed by atoms with E-state index in [-0.39, 0.29) is 17.9 Å². The number of anilines is 1. The molecule has 0 aliphatic carbocycles. The molecule has 1 aliphatic heterocycles. The maximum atomic E-state index is 12.4. The van der Waals surface area contributed by atoms with Crippen LogP contribution in [0.3, 0.4) is 0 Å². The standard InChI is InChI=1S/C19H26N4O2/c1-13-4-6-17(7-5-13)23-18(10-14(2)21-23)20-19(25)12-22-9-8-16(11-22)15(3)24/h4-7,10,15-16,24H,8-9,11-12H2,1-3H3,(H,20,25). The topological polar surface area (TPSA) is 70.4 Å². The molecule has 1 aromatic carbocycles. The van der Waals surface area contributed by atoms with Crippen molar-refractivity contribution in [2.24, 2.45) is 5.92 Å². The Morgan fingerprint density at radius 2 is 2.08 bits per heavy atom. The molecule has 0 radical (unpaired) electrons. The summed E-state index contributed by atoms with van der Waals surface area (Å²) in [5, 5.41) is 17.1. The lowest BCUT2D eigenvalue weighted by atomic mass is 10.0. The van der Waals surface area contributed by atoms with Gasteiger partial charge in [-0.15, -0.1) is 0 Å². The molecular formula is C19H26N4O2. The van der Waals surface area contributed by atoms with Crippen molar-refractivity contribution >= 4 is 11.7 Å². The lowest BCUT2D eigenvalue weighted by Gasteiger charge is -2.17. The highest BCUT2D eigenvalue weighted by Gasteiger charge is 2.27. The fraction of sp³-hybridized carbons (Fsp3) is 0.474. The fourth-order valence-corrected chi connectivity index (χ4v) is 3.26. The Balaban J connectivity index is 1.67. The van der Waals surface area contributed by atoms with Gasteiger partial charge in [0.25, 0.3) is 0 Å². The second-order valence-electron chi connectivity index (χ2n) is 6.99. The molecule has 2 heterocycles. The van der Waals surface area contributed by atoms with Gasteiger partial charge in [0.05, 0.1) is 24.0 Å². The predicted molar refractivity (Wildman–Crippen MR) is 97.9 cm³/mol. The SMILES string of the molecule is Cc1ccc(-n2nc(C)cc2NC(=O)CN2CCC(C(C)O)C2)cc1. The third-order valence-corrected chi connectivity index (χ3v) is 4.74.